The lowest BCUT2D eigenvalue weighted by molar-refractivity contribution is -0.479. The lowest BCUT2D eigenvalue weighted by Crippen LogP contribution is -2.07. The van der Waals surface area contributed by atoms with Crippen LogP contribution < -0.4 is 5.73 Å². The monoisotopic (exact) mass is 168 g/mol. The molecule has 1 heterocycles. The summed E-state index contributed by atoms with van der Waals surface area (Å²) < 4.78 is 0. The van der Waals surface area contributed by atoms with Crippen molar-refractivity contribution in [3.05, 3.63) is 28.2 Å². The molecule has 0 aliphatic heterocycles. The lowest BCUT2D eigenvalue weighted by atomic mass is 10.2. The minimum absolute atomic E-state index is 0.141. The fraction of sp³-hybridized carbons (Fsp3) is 0.333. The summed E-state index contributed by atoms with van der Waals surface area (Å²) in [7, 11) is 0. The van der Waals surface area contributed by atoms with Crippen LogP contribution in [0.2, 0.25) is 0 Å². The number of nitrogen functional groups attached to an aromatic ring is 1. The SMILES string of the molecule is Nc1ncncc1CC[N+](=O)[O-]. The van der Waals surface area contributed by atoms with Crippen molar-refractivity contribution in [3.63, 3.8) is 0 Å². The molecule has 0 radical (unpaired) electrons. The van der Waals surface area contributed by atoms with Crippen LogP contribution in [0, 0.1) is 10.1 Å². The topological polar surface area (TPSA) is 94.9 Å². The average molecular weight is 168 g/mol. The second-order valence-electron chi connectivity index (χ2n) is 2.24. The Balaban J connectivity index is 2.63. The van der Waals surface area contributed by atoms with E-state index in [0.29, 0.717) is 11.4 Å². The van der Waals surface area contributed by atoms with Crippen molar-refractivity contribution in [1.82, 2.24) is 9.97 Å². The summed E-state index contributed by atoms with van der Waals surface area (Å²) in [4.78, 5) is 17.0. The Morgan fingerprint density at radius 3 is 3.00 bits per heavy atom. The van der Waals surface area contributed by atoms with Crippen molar-refractivity contribution >= 4 is 5.82 Å². The fourth-order valence-electron chi connectivity index (χ4n) is 0.772. The minimum atomic E-state index is -0.396. The summed E-state index contributed by atoms with van der Waals surface area (Å²) in [6.07, 6.45) is 3.08. The molecule has 0 amide bonds. The maximum atomic E-state index is 10.0. The third-order valence-corrected chi connectivity index (χ3v) is 1.39. The third-order valence-electron chi connectivity index (χ3n) is 1.39. The lowest BCUT2D eigenvalue weighted by Gasteiger charge is -1.98. The number of hydrogen-bond donors (Lipinski definition) is 1. The predicted molar refractivity (Wildman–Crippen MR) is 42.0 cm³/mol. The summed E-state index contributed by atoms with van der Waals surface area (Å²) in [5, 5.41) is 10.0. The Morgan fingerprint density at radius 2 is 2.42 bits per heavy atom. The first-order valence-corrected chi connectivity index (χ1v) is 3.36. The van der Waals surface area contributed by atoms with Crippen LogP contribution >= 0.6 is 0 Å². The molecule has 0 aliphatic rings. The maximum absolute atomic E-state index is 10.0. The molecule has 0 unspecified atom stereocenters. The Hall–Kier alpha value is -1.72. The zero-order chi connectivity index (χ0) is 8.97. The van der Waals surface area contributed by atoms with Gasteiger partial charge in [0.1, 0.15) is 12.1 Å². The Kier molecular flexibility index (Phi) is 2.52. The van der Waals surface area contributed by atoms with Gasteiger partial charge in [-0.1, -0.05) is 0 Å². The van der Waals surface area contributed by atoms with Gasteiger partial charge in [-0.15, -0.1) is 0 Å². The number of aromatic nitrogens is 2. The molecule has 0 aromatic carbocycles. The molecule has 2 N–H and O–H groups in total. The van der Waals surface area contributed by atoms with E-state index < -0.39 is 4.92 Å². The van der Waals surface area contributed by atoms with Gasteiger partial charge in [-0.05, 0) is 0 Å². The number of nitrogens with two attached hydrogens (primary N) is 1. The van der Waals surface area contributed by atoms with Gasteiger partial charge in [0.2, 0.25) is 6.54 Å². The predicted octanol–water partition coefficient (Wildman–Crippen LogP) is -0.122. The van der Waals surface area contributed by atoms with E-state index in [1.165, 1.54) is 12.5 Å². The van der Waals surface area contributed by atoms with Gasteiger partial charge in [0.25, 0.3) is 0 Å². The minimum Gasteiger partial charge on any atom is -0.383 e. The van der Waals surface area contributed by atoms with E-state index in [1.807, 2.05) is 0 Å². The van der Waals surface area contributed by atoms with Crippen LogP contribution in [0.1, 0.15) is 5.56 Å². The number of hydrogen-bond acceptors (Lipinski definition) is 5. The van der Waals surface area contributed by atoms with E-state index >= 15 is 0 Å². The van der Waals surface area contributed by atoms with Gasteiger partial charge in [0.05, 0.1) is 0 Å². The number of nitro groups is 1. The molecular formula is C6H8N4O2. The molecule has 0 bridgehead atoms. The summed E-state index contributed by atoms with van der Waals surface area (Å²) in [5.74, 6) is 0.312. The zero-order valence-corrected chi connectivity index (χ0v) is 6.30. The highest BCUT2D eigenvalue weighted by Gasteiger charge is 2.03. The molecule has 1 aromatic heterocycles. The molecule has 12 heavy (non-hydrogen) atoms. The van der Waals surface area contributed by atoms with Crippen molar-refractivity contribution < 1.29 is 4.92 Å². The molecule has 6 nitrogen and oxygen atoms in total. The van der Waals surface area contributed by atoms with Gasteiger partial charge in [-0.25, -0.2) is 9.97 Å². The van der Waals surface area contributed by atoms with E-state index in [-0.39, 0.29) is 13.0 Å². The smallest absolute Gasteiger partial charge is 0.208 e. The summed E-state index contributed by atoms with van der Waals surface area (Å²) in [6.45, 7) is -0.141. The van der Waals surface area contributed by atoms with E-state index in [1.54, 1.807) is 0 Å². The van der Waals surface area contributed by atoms with Gasteiger partial charge in [0, 0.05) is 23.1 Å². The van der Waals surface area contributed by atoms with Gasteiger partial charge >= 0.3 is 0 Å². The first-order valence-electron chi connectivity index (χ1n) is 3.36. The Labute approximate surface area is 68.6 Å². The molecule has 6 heteroatoms. The summed E-state index contributed by atoms with van der Waals surface area (Å²) in [6, 6.07) is 0. The fourth-order valence-corrected chi connectivity index (χ4v) is 0.772. The molecule has 0 saturated carbocycles. The van der Waals surface area contributed by atoms with Crippen LogP contribution in [-0.4, -0.2) is 21.4 Å². The second kappa shape index (κ2) is 3.61. The van der Waals surface area contributed by atoms with Crippen LogP contribution in [0.3, 0.4) is 0 Å². The van der Waals surface area contributed by atoms with Gasteiger partial charge in [-0.2, -0.15) is 0 Å². The molecule has 0 saturated heterocycles. The highest BCUT2D eigenvalue weighted by molar-refractivity contribution is 5.36. The third kappa shape index (κ3) is 2.15. The highest BCUT2D eigenvalue weighted by atomic mass is 16.6. The van der Waals surface area contributed by atoms with Crippen LogP contribution in [0.4, 0.5) is 5.82 Å². The Morgan fingerprint density at radius 1 is 1.67 bits per heavy atom. The Bertz CT molecular complexity index is 289. The largest absolute Gasteiger partial charge is 0.383 e. The summed E-state index contributed by atoms with van der Waals surface area (Å²) >= 11 is 0. The summed E-state index contributed by atoms with van der Waals surface area (Å²) in [5.41, 5.74) is 6.05. The second-order valence-corrected chi connectivity index (χ2v) is 2.24. The van der Waals surface area contributed by atoms with E-state index in [0.717, 1.165) is 0 Å². The quantitative estimate of drug-likeness (QED) is 0.501. The maximum Gasteiger partial charge on any atom is 0.208 e. The molecule has 0 atom stereocenters. The molecule has 0 aliphatic carbocycles. The molecule has 0 fully saturated rings. The van der Waals surface area contributed by atoms with Gasteiger partial charge in [-0.3, -0.25) is 10.1 Å². The standard InChI is InChI=1S/C6H8N4O2/c7-6-5(1-2-10(11)12)3-8-4-9-6/h3-4H,1-2H2,(H2,7,8,9). The van der Waals surface area contributed by atoms with Crippen LogP contribution in [0.25, 0.3) is 0 Å². The molecule has 64 valence electrons. The number of anilines is 1. The van der Waals surface area contributed by atoms with Crippen molar-refractivity contribution in [3.8, 4) is 0 Å². The van der Waals surface area contributed by atoms with E-state index in [9.17, 15) is 10.1 Å². The van der Waals surface area contributed by atoms with Gasteiger partial charge in [0.15, 0.2) is 0 Å². The molecule has 1 aromatic rings. The normalized spacial score (nSPS) is 9.67. The van der Waals surface area contributed by atoms with Crippen molar-refractivity contribution in [2.45, 2.75) is 6.42 Å². The highest BCUT2D eigenvalue weighted by Crippen LogP contribution is 2.05. The van der Waals surface area contributed by atoms with E-state index in [4.69, 9.17) is 5.73 Å². The number of nitrogens with zero attached hydrogens (tertiary/aromatic N) is 3. The van der Waals surface area contributed by atoms with Crippen molar-refractivity contribution in [2.24, 2.45) is 0 Å². The molecule has 0 spiro atoms. The van der Waals surface area contributed by atoms with Crippen LogP contribution in [0.15, 0.2) is 12.5 Å². The first-order chi connectivity index (χ1) is 5.70. The molecular weight excluding hydrogens is 160 g/mol. The average Bonchev–Trinajstić information content (AvgIpc) is 2.03. The first kappa shape index (κ1) is 8.38. The van der Waals surface area contributed by atoms with Gasteiger partial charge < -0.3 is 5.73 Å². The zero-order valence-electron chi connectivity index (χ0n) is 6.30. The van der Waals surface area contributed by atoms with Crippen LogP contribution in [-0.2, 0) is 6.42 Å². The molecule has 1 rings (SSSR count). The van der Waals surface area contributed by atoms with E-state index in [2.05, 4.69) is 9.97 Å². The van der Waals surface area contributed by atoms with Crippen molar-refractivity contribution in [2.75, 3.05) is 12.3 Å². The van der Waals surface area contributed by atoms with Crippen LogP contribution in [0.5, 0.6) is 0 Å². The number of rotatable bonds is 3. The van der Waals surface area contributed by atoms with Crippen molar-refractivity contribution in [1.29, 1.82) is 0 Å².